The number of anilines is 1. The van der Waals surface area contributed by atoms with Crippen molar-refractivity contribution in [3.05, 3.63) is 53.1 Å². The van der Waals surface area contributed by atoms with E-state index in [0.29, 0.717) is 6.04 Å². The summed E-state index contributed by atoms with van der Waals surface area (Å²) >= 11 is 0. The third kappa shape index (κ3) is 4.20. The first-order chi connectivity index (χ1) is 12.6. The van der Waals surface area contributed by atoms with Crippen molar-refractivity contribution < 1.29 is 0 Å². The van der Waals surface area contributed by atoms with Gasteiger partial charge in [-0.25, -0.2) is 0 Å². The minimum atomic E-state index is 0.538. The van der Waals surface area contributed by atoms with Crippen LogP contribution in [0.2, 0.25) is 0 Å². The van der Waals surface area contributed by atoms with Gasteiger partial charge in [0.05, 0.1) is 22.6 Å². The number of nitriles is 1. The first-order valence-corrected chi connectivity index (χ1v) is 9.32. The van der Waals surface area contributed by atoms with Gasteiger partial charge in [0.15, 0.2) is 0 Å². The Morgan fingerprint density at radius 1 is 1.27 bits per heavy atom. The molecular weight excluding hydrogens is 322 g/mol. The smallest absolute Gasteiger partial charge is 0.103 e. The molecule has 0 aliphatic carbocycles. The molecule has 1 fully saturated rings. The van der Waals surface area contributed by atoms with Gasteiger partial charge in [-0.3, -0.25) is 14.9 Å². The molecule has 1 aliphatic rings. The van der Waals surface area contributed by atoms with Crippen LogP contribution in [0.5, 0.6) is 0 Å². The second-order valence-electron chi connectivity index (χ2n) is 7.16. The number of aromatic nitrogens is 2. The molecule has 3 rings (SSSR count). The summed E-state index contributed by atoms with van der Waals surface area (Å²) in [7, 11) is 2.19. The van der Waals surface area contributed by atoms with Crippen LogP contribution in [0.4, 0.5) is 5.69 Å². The third-order valence-corrected chi connectivity index (χ3v) is 5.22. The lowest BCUT2D eigenvalue weighted by Crippen LogP contribution is -2.33. The lowest BCUT2D eigenvalue weighted by molar-refractivity contribution is 0.215. The Labute approximate surface area is 156 Å². The molecule has 0 spiro atoms. The Morgan fingerprint density at radius 2 is 2.12 bits per heavy atom. The Morgan fingerprint density at radius 3 is 2.85 bits per heavy atom. The average Bonchev–Trinajstić information content (AvgIpc) is 2.88. The van der Waals surface area contributed by atoms with Crippen LogP contribution in [0.3, 0.4) is 0 Å². The van der Waals surface area contributed by atoms with E-state index in [1.165, 1.54) is 6.42 Å². The number of pyridine rings is 2. The van der Waals surface area contributed by atoms with Crippen LogP contribution in [0.15, 0.2) is 30.5 Å². The van der Waals surface area contributed by atoms with E-state index in [1.54, 1.807) is 0 Å². The number of rotatable bonds is 4. The Bertz CT molecular complexity index is 781. The van der Waals surface area contributed by atoms with Gasteiger partial charge in [-0.05, 0) is 58.4 Å². The van der Waals surface area contributed by atoms with E-state index in [0.717, 1.165) is 60.8 Å². The fourth-order valence-electron chi connectivity index (χ4n) is 3.83. The first-order valence-electron chi connectivity index (χ1n) is 9.32. The first kappa shape index (κ1) is 18.3. The lowest BCUT2D eigenvalue weighted by atomic mass is 10.1. The van der Waals surface area contributed by atoms with Gasteiger partial charge in [0.1, 0.15) is 6.07 Å². The molecule has 2 aromatic heterocycles. The predicted octanol–water partition coefficient (Wildman–Crippen LogP) is 3.46. The molecule has 26 heavy (non-hydrogen) atoms. The highest BCUT2D eigenvalue weighted by atomic mass is 15.2. The van der Waals surface area contributed by atoms with Crippen molar-refractivity contribution in [2.75, 3.05) is 25.0 Å². The molecule has 0 N–H and O–H groups in total. The summed E-state index contributed by atoms with van der Waals surface area (Å²) in [6, 6.07) is 11.0. The molecule has 1 aliphatic heterocycles. The maximum Gasteiger partial charge on any atom is 0.103 e. The van der Waals surface area contributed by atoms with Crippen molar-refractivity contribution in [2.45, 2.75) is 45.7 Å². The van der Waals surface area contributed by atoms with Gasteiger partial charge in [0.25, 0.3) is 0 Å². The van der Waals surface area contributed by atoms with E-state index in [4.69, 9.17) is 0 Å². The van der Waals surface area contributed by atoms with Crippen LogP contribution < -0.4 is 4.90 Å². The van der Waals surface area contributed by atoms with Gasteiger partial charge in [-0.15, -0.1) is 0 Å². The monoisotopic (exact) mass is 349 g/mol. The summed E-state index contributed by atoms with van der Waals surface area (Å²) in [5.74, 6) is 0. The highest BCUT2D eigenvalue weighted by Gasteiger charge is 2.23. The summed E-state index contributed by atoms with van der Waals surface area (Å²) in [5.41, 5.74) is 4.69. The van der Waals surface area contributed by atoms with Crippen LogP contribution in [-0.2, 0) is 6.54 Å². The Balaban J connectivity index is 1.70. The second kappa shape index (κ2) is 8.29. The predicted molar refractivity (Wildman–Crippen MR) is 104 cm³/mol. The van der Waals surface area contributed by atoms with E-state index < -0.39 is 0 Å². The fourth-order valence-corrected chi connectivity index (χ4v) is 3.83. The zero-order valence-corrected chi connectivity index (χ0v) is 15.9. The zero-order chi connectivity index (χ0) is 18.5. The van der Waals surface area contributed by atoms with Crippen LogP contribution in [-0.4, -0.2) is 41.0 Å². The van der Waals surface area contributed by atoms with Crippen molar-refractivity contribution >= 4 is 5.69 Å². The Kier molecular flexibility index (Phi) is 5.85. The zero-order valence-electron chi connectivity index (χ0n) is 15.9. The van der Waals surface area contributed by atoms with Gasteiger partial charge in [0.2, 0.25) is 0 Å². The summed E-state index contributed by atoms with van der Waals surface area (Å²) in [6.07, 6.45) is 5.25. The van der Waals surface area contributed by atoms with Crippen molar-refractivity contribution in [3.63, 3.8) is 0 Å². The highest BCUT2D eigenvalue weighted by Crippen LogP contribution is 2.27. The number of hydrogen-bond donors (Lipinski definition) is 0. The maximum atomic E-state index is 9.56. The van der Waals surface area contributed by atoms with Gasteiger partial charge in [0, 0.05) is 37.6 Å². The van der Waals surface area contributed by atoms with Crippen molar-refractivity contribution in [1.82, 2.24) is 14.9 Å². The molecule has 0 saturated carbocycles. The molecule has 5 nitrogen and oxygen atoms in total. The standard InChI is InChI=1S/C21H27N5/c1-16-13-21(20(14-22)17(2)24-16)26-11-6-8-19(9-12-26)25(3)15-18-7-4-5-10-23-18/h4-5,7,10,13,19H,6,8-9,11-12,15H2,1-3H3/t19-/m0/s1. The molecule has 2 aromatic rings. The molecule has 0 unspecified atom stereocenters. The molecule has 0 aromatic carbocycles. The molecule has 1 atom stereocenters. The molecule has 5 heteroatoms. The van der Waals surface area contributed by atoms with E-state index in [-0.39, 0.29) is 0 Å². The van der Waals surface area contributed by atoms with Gasteiger partial charge < -0.3 is 4.90 Å². The maximum absolute atomic E-state index is 9.56. The van der Waals surface area contributed by atoms with E-state index in [1.807, 2.05) is 32.2 Å². The lowest BCUT2D eigenvalue weighted by Gasteiger charge is -2.28. The summed E-state index contributed by atoms with van der Waals surface area (Å²) in [4.78, 5) is 13.7. The number of nitrogens with zero attached hydrogens (tertiary/aromatic N) is 5. The summed E-state index contributed by atoms with van der Waals surface area (Å²) in [6.45, 7) is 6.76. The van der Waals surface area contributed by atoms with Gasteiger partial charge >= 0.3 is 0 Å². The van der Waals surface area contributed by atoms with E-state index >= 15 is 0 Å². The van der Waals surface area contributed by atoms with Crippen LogP contribution >= 0.6 is 0 Å². The average molecular weight is 349 g/mol. The largest absolute Gasteiger partial charge is 0.370 e. The van der Waals surface area contributed by atoms with Crippen LogP contribution in [0.25, 0.3) is 0 Å². The Hall–Kier alpha value is -2.45. The molecule has 3 heterocycles. The van der Waals surface area contributed by atoms with Crippen LogP contribution in [0, 0.1) is 25.2 Å². The molecular formula is C21H27N5. The SMILES string of the molecule is Cc1cc(N2CCC[C@H](N(C)Cc3ccccn3)CC2)c(C#N)c(C)n1. The minimum Gasteiger partial charge on any atom is -0.370 e. The number of aryl methyl sites for hydroxylation is 2. The normalized spacial score (nSPS) is 17.8. The molecule has 0 bridgehead atoms. The molecule has 0 radical (unpaired) electrons. The van der Waals surface area contributed by atoms with Crippen molar-refractivity contribution in [1.29, 1.82) is 5.26 Å². The molecule has 136 valence electrons. The topological polar surface area (TPSA) is 56.0 Å². The van der Waals surface area contributed by atoms with Crippen LogP contribution in [0.1, 0.15) is 41.9 Å². The molecule has 0 amide bonds. The van der Waals surface area contributed by atoms with Crippen molar-refractivity contribution in [2.24, 2.45) is 0 Å². The van der Waals surface area contributed by atoms with E-state index in [9.17, 15) is 5.26 Å². The summed E-state index contributed by atoms with van der Waals surface area (Å²) < 4.78 is 0. The second-order valence-corrected chi connectivity index (χ2v) is 7.16. The number of hydrogen-bond acceptors (Lipinski definition) is 5. The summed E-state index contributed by atoms with van der Waals surface area (Å²) in [5, 5.41) is 9.56. The minimum absolute atomic E-state index is 0.538. The molecule has 1 saturated heterocycles. The van der Waals surface area contributed by atoms with E-state index in [2.05, 4.69) is 45.0 Å². The van der Waals surface area contributed by atoms with Gasteiger partial charge in [-0.2, -0.15) is 5.26 Å². The third-order valence-electron chi connectivity index (χ3n) is 5.22. The van der Waals surface area contributed by atoms with Crippen molar-refractivity contribution in [3.8, 4) is 6.07 Å². The highest BCUT2D eigenvalue weighted by molar-refractivity contribution is 5.61. The fraction of sp³-hybridized carbons (Fsp3) is 0.476. The van der Waals surface area contributed by atoms with Gasteiger partial charge in [-0.1, -0.05) is 6.07 Å². The quantitative estimate of drug-likeness (QED) is 0.846.